The van der Waals surface area contributed by atoms with Crippen LogP contribution in [0.3, 0.4) is 0 Å². The van der Waals surface area contributed by atoms with Crippen LogP contribution >= 0.6 is 27.3 Å². The zero-order valence-corrected chi connectivity index (χ0v) is 21.2. The molecule has 0 radical (unpaired) electrons. The number of carbonyl (C=O) groups is 1. The number of thiazole rings is 1. The Hall–Kier alpha value is -2.58. The maximum Gasteiger partial charge on any atom is 0.233 e. The first kappa shape index (κ1) is 23.2. The molecule has 3 aromatic carbocycles. The predicted molar refractivity (Wildman–Crippen MR) is 143 cm³/mol. The quantitative estimate of drug-likeness (QED) is 0.307. The highest BCUT2D eigenvalue weighted by Gasteiger charge is 2.22. The molecule has 0 unspecified atom stereocenters. The van der Waals surface area contributed by atoms with Crippen molar-refractivity contribution in [2.24, 2.45) is 0 Å². The Bertz CT molecular complexity index is 1250. The smallest absolute Gasteiger partial charge is 0.233 e. The third-order valence-corrected chi connectivity index (χ3v) is 7.57. The monoisotopic (exact) mass is 535 g/mol. The van der Waals surface area contributed by atoms with E-state index >= 15 is 0 Å². The SMILES string of the molecule is O=C(Cc1ccc(-c2ccccc2)cc1)N(CCN1CCOCC1)c1nc2ccc(Br)cc2s1. The van der Waals surface area contributed by atoms with Gasteiger partial charge in [0, 0.05) is 30.7 Å². The number of aromatic nitrogens is 1. The van der Waals surface area contributed by atoms with Crippen LogP contribution < -0.4 is 4.90 Å². The Balaban J connectivity index is 1.35. The summed E-state index contributed by atoms with van der Waals surface area (Å²) in [7, 11) is 0. The molecule has 0 spiro atoms. The lowest BCUT2D eigenvalue weighted by Crippen LogP contribution is -2.43. The number of nitrogens with zero attached hydrogens (tertiary/aromatic N) is 3. The molecule has 174 valence electrons. The van der Waals surface area contributed by atoms with Gasteiger partial charge in [-0.15, -0.1) is 0 Å². The molecule has 1 aliphatic rings. The number of carbonyl (C=O) groups excluding carboxylic acids is 1. The van der Waals surface area contributed by atoms with Gasteiger partial charge < -0.3 is 4.74 Å². The minimum absolute atomic E-state index is 0.0684. The first-order chi connectivity index (χ1) is 16.7. The van der Waals surface area contributed by atoms with Crippen molar-refractivity contribution < 1.29 is 9.53 Å². The highest BCUT2D eigenvalue weighted by Crippen LogP contribution is 2.31. The van der Waals surface area contributed by atoms with Crippen LogP contribution in [0.5, 0.6) is 0 Å². The van der Waals surface area contributed by atoms with Gasteiger partial charge in [0.25, 0.3) is 0 Å². The van der Waals surface area contributed by atoms with Crippen LogP contribution in [0.2, 0.25) is 0 Å². The van der Waals surface area contributed by atoms with Crippen LogP contribution in [0.1, 0.15) is 5.56 Å². The summed E-state index contributed by atoms with van der Waals surface area (Å²) in [6, 6.07) is 24.6. The molecule has 2 heterocycles. The zero-order chi connectivity index (χ0) is 23.3. The molecule has 34 heavy (non-hydrogen) atoms. The average molecular weight is 536 g/mol. The molecule has 1 aliphatic heterocycles. The highest BCUT2D eigenvalue weighted by molar-refractivity contribution is 9.10. The van der Waals surface area contributed by atoms with E-state index in [9.17, 15) is 4.79 Å². The highest BCUT2D eigenvalue weighted by atomic mass is 79.9. The van der Waals surface area contributed by atoms with E-state index in [0.717, 1.165) is 63.8 Å². The second-order valence-electron chi connectivity index (χ2n) is 8.35. The van der Waals surface area contributed by atoms with Crippen molar-refractivity contribution in [1.82, 2.24) is 9.88 Å². The Kier molecular flexibility index (Phi) is 7.35. The minimum Gasteiger partial charge on any atom is -0.379 e. The van der Waals surface area contributed by atoms with Gasteiger partial charge in [-0.25, -0.2) is 4.98 Å². The fourth-order valence-corrected chi connectivity index (χ4v) is 5.67. The maximum absolute atomic E-state index is 13.5. The number of ether oxygens (including phenoxy) is 1. The number of halogens is 1. The van der Waals surface area contributed by atoms with Crippen molar-refractivity contribution in [3.05, 3.63) is 82.8 Å². The first-order valence-corrected chi connectivity index (χ1v) is 13.1. The van der Waals surface area contributed by atoms with Crippen LogP contribution in [0.25, 0.3) is 21.3 Å². The number of amides is 1. The summed E-state index contributed by atoms with van der Waals surface area (Å²) in [5.74, 6) is 0.0684. The normalized spacial score (nSPS) is 14.4. The lowest BCUT2D eigenvalue weighted by atomic mass is 10.0. The van der Waals surface area contributed by atoms with E-state index in [-0.39, 0.29) is 5.91 Å². The second kappa shape index (κ2) is 10.8. The Morgan fingerprint density at radius 3 is 2.50 bits per heavy atom. The van der Waals surface area contributed by atoms with Crippen LogP contribution in [-0.4, -0.2) is 55.2 Å². The van der Waals surface area contributed by atoms with Crippen molar-refractivity contribution in [3.8, 4) is 11.1 Å². The number of rotatable bonds is 7. The molecular weight excluding hydrogens is 510 g/mol. The van der Waals surface area contributed by atoms with Crippen LogP contribution in [-0.2, 0) is 16.0 Å². The van der Waals surface area contributed by atoms with Crippen molar-refractivity contribution in [2.75, 3.05) is 44.3 Å². The number of hydrogen-bond acceptors (Lipinski definition) is 5. The second-order valence-corrected chi connectivity index (χ2v) is 10.3. The molecular formula is C27H26BrN3O2S. The zero-order valence-electron chi connectivity index (χ0n) is 18.8. The van der Waals surface area contributed by atoms with Gasteiger partial charge >= 0.3 is 0 Å². The Labute approximate surface area is 212 Å². The van der Waals surface area contributed by atoms with Gasteiger partial charge in [0.2, 0.25) is 5.91 Å². The number of hydrogen-bond donors (Lipinski definition) is 0. The Morgan fingerprint density at radius 2 is 1.74 bits per heavy atom. The van der Waals surface area contributed by atoms with Gasteiger partial charge in [-0.1, -0.05) is 81.9 Å². The van der Waals surface area contributed by atoms with E-state index in [1.165, 1.54) is 5.56 Å². The van der Waals surface area contributed by atoms with Crippen molar-refractivity contribution in [2.45, 2.75) is 6.42 Å². The molecule has 1 fully saturated rings. The molecule has 0 bridgehead atoms. The molecule has 5 nitrogen and oxygen atoms in total. The molecule has 0 aliphatic carbocycles. The number of benzene rings is 3. The van der Waals surface area contributed by atoms with Crippen LogP contribution in [0, 0.1) is 0 Å². The third-order valence-electron chi connectivity index (χ3n) is 6.03. The largest absolute Gasteiger partial charge is 0.379 e. The fourth-order valence-electron chi connectivity index (χ4n) is 4.11. The standard InChI is InChI=1S/C27H26BrN3O2S/c28-23-10-11-24-25(19-23)34-27(29-24)31(13-12-30-14-16-33-17-15-30)26(32)18-20-6-8-22(9-7-20)21-4-2-1-3-5-21/h1-11,19H,12-18H2. The van der Waals surface area contributed by atoms with Gasteiger partial charge in [0.15, 0.2) is 5.13 Å². The number of fused-ring (bicyclic) bond motifs is 1. The molecule has 5 rings (SSSR count). The van der Waals surface area contributed by atoms with Gasteiger partial charge in [0.05, 0.1) is 29.9 Å². The third kappa shape index (κ3) is 5.55. The molecule has 7 heteroatoms. The van der Waals surface area contributed by atoms with Crippen molar-refractivity contribution >= 4 is 48.5 Å². The number of morpholine rings is 1. The molecule has 0 atom stereocenters. The van der Waals surface area contributed by atoms with E-state index in [1.807, 2.05) is 35.2 Å². The summed E-state index contributed by atoms with van der Waals surface area (Å²) >= 11 is 5.10. The topological polar surface area (TPSA) is 45.7 Å². The van der Waals surface area contributed by atoms with E-state index in [1.54, 1.807) is 11.3 Å². The van der Waals surface area contributed by atoms with Crippen molar-refractivity contribution in [3.63, 3.8) is 0 Å². The maximum atomic E-state index is 13.5. The van der Waals surface area contributed by atoms with Gasteiger partial charge in [-0.2, -0.15) is 0 Å². The van der Waals surface area contributed by atoms with Crippen LogP contribution in [0.4, 0.5) is 5.13 Å². The predicted octanol–water partition coefficient (Wildman–Crippen LogP) is 5.63. The molecule has 1 aromatic heterocycles. The summed E-state index contributed by atoms with van der Waals surface area (Å²) < 4.78 is 7.56. The van der Waals surface area contributed by atoms with Crippen LogP contribution in [0.15, 0.2) is 77.3 Å². The van der Waals surface area contributed by atoms with E-state index in [4.69, 9.17) is 9.72 Å². The lowest BCUT2D eigenvalue weighted by Gasteiger charge is -2.29. The molecule has 0 N–H and O–H groups in total. The van der Waals surface area contributed by atoms with Gasteiger partial charge in [0.1, 0.15) is 0 Å². The fraction of sp³-hybridized carbons (Fsp3) is 0.259. The summed E-state index contributed by atoms with van der Waals surface area (Å²) in [4.78, 5) is 22.5. The van der Waals surface area contributed by atoms with E-state index < -0.39 is 0 Å². The first-order valence-electron chi connectivity index (χ1n) is 11.5. The molecule has 1 saturated heterocycles. The molecule has 0 saturated carbocycles. The molecule has 4 aromatic rings. The Morgan fingerprint density at radius 1 is 1.00 bits per heavy atom. The average Bonchev–Trinajstić information content (AvgIpc) is 3.28. The summed E-state index contributed by atoms with van der Waals surface area (Å²) in [5.41, 5.74) is 4.25. The molecule has 1 amide bonds. The minimum atomic E-state index is 0.0684. The van der Waals surface area contributed by atoms with E-state index in [0.29, 0.717) is 13.0 Å². The summed E-state index contributed by atoms with van der Waals surface area (Å²) in [5, 5.41) is 0.757. The summed E-state index contributed by atoms with van der Waals surface area (Å²) in [6.45, 7) is 4.71. The van der Waals surface area contributed by atoms with Crippen molar-refractivity contribution in [1.29, 1.82) is 0 Å². The number of anilines is 1. The summed E-state index contributed by atoms with van der Waals surface area (Å²) in [6.07, 6.45) is 0.345. The van der Waals surface area contributed by atoms with Gasteiger partial charge in [-0.05, 0) is 34.9 Å². The lowest BCUT2D eigenvalue weighted by molar-refractivity contribution is -0.118. The van der Waals surface area contributed by atoms with E-state index in [2.05, 4.69) is 63.3 Å². The van der Waals surface area contributed by atoms with Gasteiger partial charge in [-0.3, -0.25) is 14.6 Å².